The van der Waals surface area contributed by atoms with E-state index in [0.717, 1.165) is 20.3 Å². The number of hydrogen-bond donors (Lipinski definition) is 1. The third-order valence-corrected chi connectivity index (χ3v) is 4.56. The van der Waals surface area contributed by atoms with E-state index >= 15 is 0 Å². The van der Waals surface area contributed by atoms with Crippen LogP contribution in [0.1, 0.15) is 5.01 Å². The first-order valence-electron chi connectivity index (χ1n) is 4.94. The normalized spacial score (nSPS) is 19.5. The highest BCUT2D eigenvalue weighted by atomic mass is 32.2. The van der Waals surface area contributed by atoms with Crippen molar-refractivity contribution in [2.24, 2.45) is 4.99 Å². The van der Waals surface area contributed by atoms with E-state index in [2.05, 4.69) is 16.0 Å². The Morgan fingerprint density at radius 1 is 1.59 bits per heavy atom. The predicted octanol–water partition coefficient (Wildman–Crippen LogP) is 2.04. The minimum Gasteiger partial charge on any atom is -0.480 e. The van der Waals surface area contributed by atoms with Gasteiger partial charge in [0.2, 0.25) is 0 Å². The van der Waals surface area contributed by atoms with Crippen LogP contribution in [0.3, 0.4) is 0 Å². The molecule has 1 aliphatic heterocycles. The zero-order valence-electron chi connectivity index (χ0n) is 8.58. The molecule has 0 fully saturated rings. The molecule has 2 heterocycles. The molecule has 0 aliphatic carbocycles. The van der Waals surface area contributed by atoms with Gasteiger partial charge in [0.25, 0.3) is 0 Å². The van der Waals surface area contributed by atoms with Crippen LogP contribution in [-0.4, -0.2) is 32.9 Å². The van der Waals surface area contributed by atoms with Crippen molar-refractivity contribution in [3.63, 3.8) is 0 Å². The zero-order valence-corrected chi connectivity index (χ0v) is 10.2. The van der Waals surface area contributed by atoms with Gasteiger partial charge in [-0.15, -0.1) is 23.1 Å². The molecule has 4 nitrogen and oxygen atoms in total. The summed E-state index contributed by atoms with van der Waals surface area (Å²) in [5, 5.41) is 10.4. The minimum absolute atomic E-state index is 0.493. The maximum atomic E-state index is 10.8. The number of aliphatic imine (C=N–C) groups is 1. The number of fused-ring (bicyclic) bond motifs is 1. The lowest BCUT2D eigenvalue weighted by Gasteiger charge is -1.93. The van der Waals surface area contributed by atoms with Crippen LogP contribution in [0.25, 0.3) is 10.2 Å². The van der Waals surface area contributed by atoms with Crippen molar-refractivity contribution in [3.8, 4) is 0 Å². The average molecular weight is 263 g/mol. The topological polar surface area (TPSA) is 62.5 Å². The number of aliphatic carboxylic acids is 1. The zero-order chi connectivity index (χ0) is 11.8. The minimum atomic E-state index is -0.873. The number of thiazole rings is 1. The van der Waals surface area contributed by atoms with E-state index in [1.807, 2.05) is 18.2 Å². The molecular weight excluding hydrogens is 256 g/mol. The molecule has 1 radical (unpaired) electrons. The van der Waals surface area contributed by atoms with E-state index in [1.165, 1.54) is 23.1 Å². The Bertz CT molecular complexity index is 588. The van der Waals surface area contributed by atoms with Crippen molar-refractivity contribution in [1.29, 1.82) is 0 Å². The predicted molar refractivity (Wildman–Crippen MR) is 68.9 cm³/mol. The van der Waals surface area contributed by atoms with Gasteiger partial charge in [-0.1, -0.05) is 6.07 Å². The van der Waals surface area contributed by atoms with Gasteiger partial charge in [0.15, 0.2) is 6.04 Å². The van der Waals surface area contributed by atoms with Gasteiger partial charge in [-0.05, 0) is 18.2 Å². The lowest BCUT2D eigenvalue weighted by Crippen LogP contribution is -2.17. The summed E-state index contributed by atoms with van der Waals surface area (Å²) in [6, 6.07) is 7.95. The molecule has 1 aromatic carbocycles. The molecule has 0 amide bonds. The summed E-state index contributed by atoms with van der Waals surface area (Å²) in [7, 11) is 0. The van der Waals surface area contributed by atoms with Gasteiger partial charge in [-0.3, -0.25) is 4.99 Å². The van der Waals surface area contributed by atoms with Gasteiger partial charge < -0.3 is 5.11 Å². The van der Waals surface area contributed by atoms with Gasteiger partial charge in [0.1, 0.15) is 10.1 Å². The SMILES string of the molecule is O=C(O)C1CSC(c2nc3cc[c]cc3s2)=N1. The van der Waals surface area contributed by atoms with E-state index in [0.29, 0.717) is 5.75 Å². The van der Waals surface area contributed by atoms with Gasteiger partial charge in [0.05, 0.1) is 10.2 Å². The molecule has 17 heavy (non-hydrogen) atoms. The fourth-order valence-corrected chi connectivity index (χ4v) is 3.57. The maximum Gasteiger partial charge on any atom is 0.329 e. The van der Waals surface area contributed by atoms with E-state index in [1.54, 1.807) is 0 Å². The number of nitrogens with zero attached hydrogens (tertiary/aromatic N) is 2. The Hall–Kier alpha value is -1.40. The third-order valence-electron chi connectivity index (χ3n) is 2.35. The van der Waals surface area contributed by atoms with E-state index < -0.39 is 12.0 Å². The maximum absolute atomic E-state index is 10.8. The summed E-state index contributed by atoms with van der Waals surface area (Å²) < 4.78 is 1.05. The first-order valence-corrected chi connectivity index (χ1v) is 6.74. The van der Waals surface area contributed by atoms with Crippen molar-refractivity contribution in [2.45, 2.75) is 6.04 Å². The number of aromatic nitrogens is 1. The Morgan fingerprint density at radius 3 is 3.18 bits per heavy atom. The van der Waals surface area contributed by atoms with Gasteiger partial charge in [0, 0.05) is 5.75 Å². The van der Waals surface area contributed by atoms with E-state index in [9.17, 15) is 4.79 Å². The van der Waals surface area contributed by atoms with Crippen LogP contribution in [0.4, 0.5) is 0 Å². The molecule has 85 valence electrons. The van der Waals surface area contributed by atoms with Gasteiger partial charge in [-0.25, -0.2) is 9.78 Å². The van der Waals surface area contributed by atoms with Crippen LogP contribution in [0.2, 0.25) is 0 Å². The molecular formula is C11H7N2O2S2. The molecule has 1 unspecified atom stereocenters. The monoisotopic (exact) mass is 263 g/mol. The number of carboxylic acids is 1. The molecule has 6 heteroatoms. The van der Waals surface area contributed by atoms with E-state index in [-0.39, 0.29) is 0 Å². The Balaban J connectivity index is 1.99. The summed E-state index contributed by atoms with van der Waals surface area (Å²) >= 11 is 2.98. The van der Waals surface area contributed by atoms with Gasteiger partial charge >= 0.3 is 5.97 Å². The fourth-order valence-electron chi connectivity index (χ4n) is 1.53. The molecule has 1 N–H and O–H groups in total. The van der Waals surface area contributed by atoms with Crippen LogP contribution < -0.4 is 0 Å². The molecule has 1 aliphatic rings. The number of rotatable bonds is 2. The van der Waals surface area contributed by atoms with Crippen molar-refractivity contribution in [1.82, 2.24) is 4.98 Å². The second-order valence-corrected chi connectivity index (χ2v) is 5.55. The van der Waals surface area contributed by atoms with E-state index in [4.69, 9.17) is 5.11 Å². The number of carbonyl (C=O) groups is 1. The molecule has 0 saturated carbocycles. The highest BCUT2D eigenvalue weighted by Gasteiger charge is 2.26. The summed E-state index contributed by atoms with van der Waals surface area (Å²) in [5.74, 6) is -0.380. The lowest BCUT2D eigenvalue weighted by atomic mass is 10.3. The molecule has 1 aromatic heterocycles. The van der Waals surface area contributed by atoms with Crippen molar-refractivity contribution in [2.75, 3.05) is 5.75 Å². The first kappa shape index (κ1) is 10.7. The Labute approximate surface area is 105 Å². The van der Waals surface area contributed by atoms with Crippen molar-refractivity contribution in [3.05, 3.63) is 29.3 Å². The van der Waals surface area contributed by atoms with Crippen LogP contribution >= 0.6 is 23.1 Å². The molecule has 2 aromatic rings. The van der Waals surface area contributed by atoms with Crippen molar-refractivity contribution < 1.29 is 9.90 Å². The molecule has 0 saturated heterocycles. The summed E-state index contributed by atoms with van der Waals surface area (Å²) in [6.07, 6.45) is 0. The summed E-state index contributed by atoms with van der Waals surface area (Å²) in [5.41, 5.74) is 0.908. The number of benzene rings is 1. The van der Waals surface area contributed by atoms with Gasteiger partial charge in [-0.2, -0.15) is 0 Å². The smallest absolute Gasteiger partial charge is 0.329 e. The van der Waals surface area contributed by atoms with Crippen LogP contribution in [0, 0.1) is 6.07 Å². The number of carboxylic acid groups (broad SMARTS) is 1. The Morgan fingerprint density at radius 2 is 2.47 bits per heavy atom. The van der Waals surface area contributed by atoms with Crippen molar-refractivity contribution >= 4 is 44.3 Å². The molecule has 0 bridgehead atoms. The summed E-state index contributed by atoms with van der Waals surface area (Å²) in [4.78, 5) is 19.4. The molecule has 1 atom stereocenters. The fraction of sp³-hybridized carbons (Fsp3) is 0.182. The molecule has 0 spiro atoms. The Kier molecular flexibility index (Phi) is 2.60. The second kappa shape index (κ2) is 4.12. The second-order valence-electron chi connectivity index (χ2n) is 3.51. The first-order chi connectivity index (χ1) is 8.24. The van der Waals surface area contributed by atoms with Crippen LogP contribution in [0.5, 0.6) is 0 Å². The van der Waals surface area contributed by atoms with Crippen LogP contribution in [0.15, 0.2) is 23.2 Å². The number of thioether (sulfide) groups is 1. The lowest BCUT2D eigenvalue weighted by molar-refractivity contribution is -0.137. The third kappa shape index (κ3) is 1.94. The average Bonchev–Trinajstić information content (AvgIpc) is 2.95. The highest BCUT2D eigenvalue weighted by molar-refractivity contribution is 8.15. The molecule has 3 rings (SSSR count). The quantitative estimate of drug-likeness (QED) is 0.900. The van der Waals surface area contributed by atoms with Crippen LogP contribution in [-0.2, 0) is 4.79 Å². The summed E-state index contributed by atoms with van der Waals surface area (Å²) in [6.45, 7) is 0. The highest BCUT2D eigenvalue weighted by Crippen LogP contribution is 2.29. The number of hydrogen-bond acceptors (Lipinski definition) is 5. The standard InChI is InChI=1S/C11H7N2O2S2/c14-11(15)7-5-16-9(13-7)10-12-6-3-1-2-4-8(6)17-10/h1,3-4,7H,5H2,(H,14,15). The largest absolute Gasteiger partial charge is 0.480 e.